The van der Waals surface area contributed by atoms with Crippen LogP contribution >= 0.6 is 0 Å². The van der Waals surface area contributed by atoms with Gasteiger partial charge in [-0.1, -0.05) is 6.07 Å². The number of hydrogen-bond donors (Lipinski definition) is 1. The Hall–Kier alpha value is -1.96. The molecule has 0 fully saturated rings. The van der Waals surface area contributed by atoms with Crippen LogP contribution in [-0.2, 0) is 0 Å². The van der Waals surface area contributed by atoms with Crippen LogP contribution in [0.15, 0.2) is 42.5 Å². The molecule has 1 N–H and O–H groups in total. The Kier molecular flexibility index (Phi) is 4.10. The first-order valence-electron chi connectivity index (χ1n) is 6.65. The van der Waals surface area contributed by atoms with Gasteiger partial charge < -0.3 is 10.1 Å². The molecule has 2 rings (SSSR count). The average Bonchev–Trinajstić information content (AvgIpc) is 2.36. The summed E-state index contributed by atoms with van der Waals surface area (Å²) in [7, 11) is 0. The minimum Gasteiger partial charge on any atom is -0.491 e. The summed E-state index contributed by atoms with van der Waals surface area (Å²) in [5.74, 6) is 0.903. The monoisotopic (exact) mass is 255 g/mol. The van der Waals surface area contributed by atoms with E-state index < -0.39 is 0 Å². The second kappa shape index (κ2) is 5.79. The predicted molar refractivity (Wildman–Crippen MR) is 81.4 cm³/mol. The van der Waals surface area contributed by atoms with Crippen molar-refractivity contribution >= 4 is 11.4 Å². The molecule has 0 atom stereocenters. The molecule has 0 radical (unpaired) electrons. The summed E-state index contributed by atoms with van der Waals surface area (Å²) in [6.45, 7) is 8.31. The summed E-state index contributed by atoms with van der Waals surface area (Å²) in [4.78, 5) is 0. The van der Waals surface area contributed by atoms with Crippen molar-refractivity contribution < 1.29 is 4.74 Å². The maximum absolute atomic E-state index is 5.63. The lowest BCUT2D eigenvalue weighted by atomic mass is 10.1. The highest BCUT2D eigenvalue weighted by Gasteiger charge is 2.00. The molecule has 0 unspecified atom stereocenters. The molecule has 0 amide bonds. The Morgan fingerprint density at radius 2 is 1.47 bits per heavy atom. The molecule has 2 aromatic carbocycles. The van der Waals surface area contributed by atoms with Gasteiger partial charge in [0, 0.05) is 11.4 Å². The van der Waals surface area contributed by atoms with Crippen molar-refractivity contribution in [3.63, 3.8) is 0 Å². The highest BCUT2D eigenvalue weighted by atomic mass is 16.5. The van der Waals surface area contributed by atoms with Crippen LogP contribution in [-0.4, -0.2) is 6.10 Å². The van der Waals surface area contributed by atoms with Crippen LogP contribution in [0.5, 0.6) is 5.75 Å². The fourth-order valence-electron chi connectivity index (χ4n) is 1.87. The van der Waals surface area contributed by atoms with Crippen molar-refractivity contribution in [2.75, 3.05) is 5.32 Å². The Balaban J connectivity index is 2.08. The molecule has 0 aliphatic rings. The maximum Gasteiger partial charge on any atom is 0.119 e. The fraction of sp³-hybridized carbons (Fsp3) is 0.294. The summed E-state index contributed by atoms with van der Waals surface area (Å²) >= 11 is 0. The third-order valence-electron chi connectivity index (χ3n) is 3.02. The van der Waals surface area contributed by atoms with Crippen molar-refractivity contribution in [2.24, 2.45) is 0 Å². The lowest BCUT2D eigenvalue weighted by Crippen LogP contribution is -2.05. The molecule has 2 nitrogen and oxygen atoms in total. The van der Waals surface area contributed by atoms with E-state index in [0.717, 1.165) is 17.1 Å². The molecule has 0 saturated heterocycles. The van der Waals surface area contributed by atoms with Gasteiger partial charge in [0.1, 0.15) is 5.75 Å². The number of nitrogens with one attached hydrogen (secondary N) is 1. The third kappa shape index (κ3) is 3.75. The van der Waals surface area contributed by atoms with Crippen LogP contribution in [0, 0.1) is 13.8 Å². The van der Waals surface area contributed by atoms with E-state index in [0.29, 0.717) is 0 Å². The van der Waals surface area contributed by atoms with Gasteiger partial charge in [0.25, 0.3) is 0 Å². The first kappa shape index (κ1) is 13.5. The van der Waals surface area contributed by atoms with E-state index >= 15 is 0 Å². The Labute approximate surface area is 115 Å². The van der Waals surface area contributed by atoms with Crippen LogP contribution in [0.4, 0.5) is 11.4 Å². The first-order valence-corrected chi connectivity index (χ1v) is 6.65. The second-order valence-corrected chi connectivity index (χ2v) is 5.12. The molecule has 100 valence electrons. The third-order valence-corrected chi connectivity index (χ3v) is 3.02. The smallest absolute Gasteiger partial charge is 0.119 e. The Morgan fingerprint density at radius 3 is 2.05 bits per heavy atom. The molecule has 0 aliphatic carbocycles. The minimum atomic E-state index is 0.207. The number of benzene rings is 2. The molecule has 0 aliphatic heterocycles. The Bertz CT molecular complexity index is 544. The quantitative estimate of drug-likeness (QED) is 0.844. The van der Waals surface area contributed by atoms with Crippen LogP contribution < -0.4 is 10.1 Å². The number of hydrogen-bond acceptors (Lipinski definition) is 2. The van der Waals surface area contributed by atoms with Gasteiger partial charge in [-0.15, -0.1) is 0 Å². The number of aryl methyl sites for hydroxylation is 2. The van der Waals surface area contributed by atoms with Gasteiger partial charge in [-0.2, -0.15) is 0 Å². The standard InChI is InChI=1S/C17H21NO/c1-12(2)19-17-9-7-15(8-10-17)18-16-6-5-13(3)14(4)11-16/h5-12,18H,1-4H3. The van der Waals surface area contributed by atoms with Gasteiger partial charge in [0.05, 0.1) is 6.10 Å². The summed E-state index contributed by atoms with van der Waals surface area (Å²) in [6.07, 6.45) is 0.207. The molecule has 0 bridgehead atoms. The second-order valence-electron chi connectivity index (χ2n) is 5.12. The zero-order valence-electron chi connectivity index (χ0n) is 12.0. The maximum atomic E-state index is 5.63. The van der Waals surface area contributed by atoms with E-state index in [-0.39, 0.29) is 6.10 Å². The minimum absolute atomic E-state index is 0.207. The zero-order valence-corrected chi connectivity index (χ0v) is 12.0. The van der Waals surface area contributed by atoms with Crippen molar-refractivity contribution in [1.82, 2.24) is 0 Å². The number of rotatable bonds is 4. The highest BCUT2D eigenvalue weighted by molar-refractivity contribution is 5.61. The normalized spacial score (nSPS) is 10.6. The molecule has 0 saturated carbocycles. The van der Waals surface area contributed by atoms with Gasteiger partial charge >= 0.3 is 0 Å². The van der Waals surface area contributed by atoms with E-state index in [9.17, 15) is 0 Å². The highest BCUT2D eigenvalue weighted by Crippen LogP contribution is 2.22. The van der Waals surface area contributed by atoms with Gasteiger partial charge in [-0.05, 0) is 75.2 Å². The van der Waals surface area contributed by atoms with Crippen molar-refractivity contribution in [1.29, 1.82) is 0 Å². The summed E-state index contributed by atoms with van der Waals surface area (Å²) in [5.41, 5.74) is 4.79. The number of anilines is 2. The SMILES string of the molecule is Cc1ccc(Nc2ccc(OC(C)C)cc2)cc1C. The van der Waals surface area contributed by atoms with E-state index in [1.165, 1.54) is 11.1 Å². The summed E-state index contributed by atoms with van der Waals surface area (Å²) < 4.78 is 5.63. The topological polar surface area (TPSA) is 21.3 Å². The molecule has 2 aromatic rings. The van der Waals surface area contributed by atoms with Crippen molar-refractivity contribution in [3.05, 3.63) is 53.6 Å². The van der Waals surface area contributed by atoms with E-state index in [2.05, 4.69) is 37.4 Å². The molecule has 19 heavy (non-hydrogen) atoms. The average molecular weight is 255 g/mol. The lowest BCUT2D eigenvalue weighted by Gasteiger charge is -2.12. The van der Waals surface area contributed by atoms with Crippen LogP contribution in [0.2, 0.25) is 0 Å². The lowest BCUT2D eigenvalue weighted by molar-refractivity contribution is 0.242. The molecule has 0 aromatic heterocycles. The van der Waals surface area contributed by atoms with Gasteiger partial charge in [-0.25, -0.2) is 0 Å². The van der Waals surface area contributed by atoms with Crippen LogP contribution in [0.3, 0.4) is 0 Å². The fourth-order valence-corrected chi connectivity index (χ4v) is 1.87. The van der Waals surface area contributed by atoms with Gasteiger partial charge in [-0.3, -0.25) is 0 Å². The Morgan fingerprint density at radius 1 is 0.842 bits per heavy atom. The molecule has 0 spiro atoms. The first-order chi connectivity index (χ1) is 9.04. The summed E-state index contributed by atoms with van der Waals surface area (Å²) in [6, 6.07) is 14.4. The largest absolute Gasteiger partial charge is 0.491 e. The molecular weight excluding hydrogens is 234 g/mol. The van der Waals surface area contributed by atoms with E-state index in [4.69, 9.17) is 4.74 Å². The number of ether oxygens (including phenoxy) is 1. The van der Waals surface area contributed by atoms with Crippen molar-refractivity contribution in [3.8, 4) is 5.75 Å². The van der Waals surface area contributed by atoms with E-state index in [1.54, 1.807) is 0 Å². The molecule has 0 heterocycles. The van der Waals surface area contributed by atoms with Gasteiger partial charge in [0.2, 0.25) is 0 Å². The van der Waals surface area contributed by atoms with Crippen LogP contribution in [0.25, 0.3) is 0 Å². The van der Waals surface area contributed by atoms with Crippen LogP contribution in [0.1, 0.15) is 25.0 Å². The molecular formula is C17H21NO. The van der Waals surface area contributed by atoms with Gasteiger partial charge in [0.15, 0.2) is 0 Å². The zero-order chi connectivity index (χ0) is 13.8. The van der Waals surface area contributed by atoms with E-state index in [1.807, 2.05) is 38.1 Å². The van der Waals surface area contributed by atoms with Crippen molar-refractivity contribution in [2.45, 2.75) is 33.8 Å². The summed E-state index contributed by atoms with van der Waals surface area (Å²) in [5, 5.41) is 3.40. The molecule has 2 heteroatoms. The predicted octanol–water partition coefficient (Wildman–Crippen LogP) is 4.83.